The monoisotopic (exact) mass is 251 g/mol. The summed E-state index contributed by atoms with van der Waals surface area (Å²) in [6, 6.07) is 5.72. The van der Waals surface area contributed by atoms with Crippen LogP contribution < -0.4 is 5.32 Å². The lowest BCUT2D eigenvalue weighted by molar-refractivity contribution is 0.225. The molecule has 0 spiro atoms. The molecule has 3 unspecified atom stereocenters. The first-order chi connectivity index (χ1) is 8.19. The molecule has 1 aromatic heterocycles. The highest BCUT2D eigenvalue weighted by Crippen LogP contribution is 2.31. The molecule has 17 heavy (non-hydrogen) atoms. The van der Waals surface area contributed by atoms with Crippen LogP contribution in [0.25, 0.3) is 0 Å². The van der Waals surface area contributed by atoms with E-state index in [4.69, 9.17) is 0 Å². The third-order valence-corrected chi connectivity index (χ3v) is 4.90. The van der Waals surface area contributed by atoms with E-state index in [1.807, 2.05) is 11.3 Å². The van der Waals surface area contributed by atoms with E-state index in [2.05, 4.69) is 43.6 Å². The van der Waals surface area contributed by atoms with Crippen LogP contribution in [0.2, 0.25) is 0 Å². The van der Waals surface area contributed by atoms with E-state index >= 15 is 0 Å². The smallest absolute Gasteiger partial charge is 0.0414 e. The third-order valence-electron chi connectivity index (χ3n) is 3.91. The molecule has 0 saturated heterocycles. The first kappa shape index (κ1) is 13.1. The zero-order chi connectivity index (χ0) is 12.3. The van der Waals surface area contributed by atoms with Crippen LogP contribution in [0.1, 0.15) is 57.4 Å². The molecule has 0 amide bonds. The van der Waals surface area contributed by atoms with E-state index in [0.717, 1.165) is 17.9 Å². The standard InChI is InChI=1S/C15H25NS/c1-4-14(15-6-5-7-17-15)16-13-9-11(2)8-12(3)10-13/h5-7,11-14,16H,4,8-10H2,1-3H3. The predicted molar refractivity (Wildman–Crippen MR) is 76.5 cm³/mol. The highest BCUT2D eigenvalue weighted by atomic mass is 32.1. The van der Waals surface area contributed by atoms with Crippen LogP contribution in [0.15, 0.2) is 17.5 Å². The van der Waals surface area contributed by atoms with E-state index in [1.165, 1.54) is 30.6 Å². The molecule has 0 aliphatic heterocycles. The average Bonchev–Trinajstić information content (AvgIpc) is 2.77. The molecule has 2 rings (SSSR count). The first-order valence-electron chi connectivity index (χ1n) is 6.98. The first-order valence-corrected chi connectivity index (χ1v) is 7.86. The van der Waals surface area contributed by atoms with Crippen LogP contribution in [0.4, 0.5) is 0 Å². The second-order valence-electron chi connectivity index (χ2n) is 5.76. The van der Waals surface area contributed by atoms with Crippen molar-refractivity contribution in [3.05, 3.63) is 22.4 Å². The summed E-state index contributed by atoms with van der Waals surface area (Å²) in [5, 5.41) is 6.07. The molecule has 1 aromatic rings. The lowest BCUT2D eigenvalue weighted by atomic mass is 9.80. The van der Waals surface area contributed by atoms with Crippen LogP contribution in [0, 0.1) is 11.8 Å². The SMILES string of the molecule is CCC(NC1CC(C)CC(C)C1)c1cccs1. The Bertz CT molecular complexity index is 310. The van der Waals surface area contributed by atoms with Gasteiger partial charge in [0.1, 0.15) is 0 Å². The highest BCUT2D eigenvalue weighted by Gasteiger charge is 2.25. The van der Waals surface area contributed by atoms with Gasteiger partial charge in [-0.25, -0.2) is 0 Å². The molecule has 2 heteroatoms. The molecule has 0 bridgehead atoms. The van der Waals surface area contributed by atoms with E-state index in [9.17, 15) is 0 Å². The van der Waals surface area contributed by atoms with Gasteiger partial charge in [0.15, 0.2) is 0 Å². The fraction of sp³-hybridized carbons (Fsp3) is 0.733. The zero-order valence-corrected chi connectivity index (χ0v) is 12.1. The van der Waals surface area contributed by atoms with Gasteiger partial charge in [-0.1, -0.05) is 26.8 Å². The van der Waals surface area contributed by atoms with Crippen LogP contribution in [-0.2, 0) is 0 Å². The normalized spacial score (nSPS) is 31.4. The zero-order valence-electron chi connectivity index (χ0n) is 11.3. The van der Waals surface area contributed by atoms with Crippen molar-refractivity contribution in [2.24, 2.45) is 11.8 Å². The van der Waals surface area contributed by atoms with Crippen molar-refractivity contribution in [3.8, 4) is 0 Å². The molecule has 1 N–H and O–H groups in total. The molecule has 3 atom stereocenters. The fourth-order valence-corrected chi connectivity index (χ4v) is 4.13. The molecular formula is C15H25NS. The van der Waals surface area contributed by atoms with Gasteiger partial charge < -0.3 is 5.32 Å². The Hall–Kier alpha value is -0.340. The summed E-state index contributed by atoms with van der Waals surface area (Å²) < 4.78 is 0. The van der Waals surface area contributed by atoms with Gasteiger partial charge in [-0.05, 0) is 49.0 Å². The fourth-order valence-electron chi connectivity index (χ4n) is 3.26. The third kappa shape index (κ3) is 3.56. The topological polar surface area (TPSA) is 12.0 Å². The van der Waals surface area contributed by atoms with Crippen molar-refractivity contribution in [2.45, 2.75) is 58.5 Å². The van der Waals surface area contributed by atoms with Gasteiger partial charge in [0.25, 0.3) is 0 Å². The summed E-state index contributed by atoms with van der Waals surface area (Å²) >= 11 is 1.88. The van der Waals surface area contributed by atoms with Crippen molar-refractivity contribution in [3.63, 3.8) is 0 Å². The van der Waals surface area contributed by atoms with Crippen molar-refractivity contribution in [1.29, 1.82) is 0 Å². The van der Waals surface area contributed by atoms with Crippen LogP contribution in [-0.4, -0.2) is 6.04 Å². The predicted octanol–water partition coefficient (Wildman–Crippen LogP) is 4.61. The van der Waals surface area contributed by atoms with E-state index in [0.29, 0.717) is 6.04 Å². The summed E-state index contributed by atoms with van der Waals surface area (Å²) in [6.45, 7) is 7.08. The minimum atomic E-state index is 0.567. The maximum atomic E-state index is 3.88. The quantitative estimate of drug-likeness (QED) is 0.823. The molecular weight excluding hydrogens is 226 g/mol. The van der Waals surface area contributed by atoms with Crippen LogP contribution >= 0.6 is 11.3 Å². The van der Waals surface area contributed by atoms with Gasteiger partial charge in [-0.15, -0.1) is 11.3 Å². The summed E-state index contributed by atoms with van der Waals surface area (Å²) in [4.78, 5) is 1.50. The van der Waals surface area contributed by atoms with Gasteiger partial charge in [0.2, 0.25) is 0 Å². The maximum absolute atomic E-state index is 3.88. The molecule has 1 fully saturated rings. The molecule has 0 radical (unpaired) electrons. The van der Waals surface area contributed by atoms with Crippen molar-refractivity contribution in [1.82, 2.24) is 5.32 Å². The number of rotatable bonds is 4. The average molecular weight is 251 g/mol. The van der Waals surface area contributed by atoms with Crippen molar-refractivity contribution < 1.29 is 0 Å². The highest BCUT2D eigenvalue weighted by molar-refractivity contribution is 7.10. The molecule has 1 heterocycles. The number of hydrogen-bond acceptors (Lipinski definition) is 2. The Balaban J connectivity index is 1.94. The van der Waals surface area contributed by atoms with Crippen LogP contribution in [0.3, 0.4) is 0 Å². The van der Waals surface area contributed by atoms with Gasteiger partial charge in [-0.2, -0.15) is 0 Å². The Morgan fingerprint density at radius 3 is 2.53 bits per heavy atom. The van der Waals surface area contributed by atoms with Gasteiger partial charge in [0, 0.05) is 17.0 Å². The number of thiophene rings is 1. The van der Waals surface area contributed by atoms with E-state index < -0.39 is 0 Å². The molecule has 1 aliphatic carbocycles. The van der Waals surface area contributed by atoms with Crippen molar-refractivity contribution >= 4 is 11.3 Å². The molecule has 1 nitrogen and oxygen atoms in total. The van der Waals surface area contributed by atoms with Gasteiger partial charge in [0.05, 0.1) is 0 Å². The minimum Gasteiger partial charge on any atom is -0.306 e. The largest absolute Gasteiger partial charge is 0.306 e. The second-order valence-corrected chi connectivity index (χ2v) is 6.74. The summed E-state index contributed by atoms with van der Waals surface area (Å²) in [6.07, 6.45) is 5.31. The summed E-state index contributed by atoms with van der Waals surface area (Å²) in [7, 11) is 0. The number of hydrogen-bond donors (Lipinski definition) is 1. The Labute approximate surface area is 110 Å². The molecule has 0 aromatic carbocycles. The Morgan fingerprint density at radius 2 is 2.00 bits per heavy atom. The Kier molecular flexibility index (Phi) is 4.63. The van der Waals surface area contributed by atoms with E-state index in [-0.39, 0.29) is 0 Å². The van der Waals surface area contributed by atoms with Crippen molar-refractivity contribution in [2.75, 3.05) is 0 Å². The van der Waals surface area contributed by atoms with Gasteiger partial charge >= 0.3 is 0 Å². The lowest BCUT2D eigenvalue weighted by Gasteiger charge is -2.34. The maximum Gasteiger partial charge on any atom is 0.0414 e. The Morgan fingerprint density at radius 1 is 1.29 bits per heavy atom. The second kappa shape index (κ2) is 6.01. The lowest BCUT2D eigenvalue weighted by Crippen LogP contribution is -2.38. The summed E-state index contributed by atoms with van der Waals surface area (Å²) in [5.41, 5.74) is 0. The summed E-state index contributed by atoms with van der Waals surface area (Å²) in [5.74, 6) is 1.77. The molecule has 1 aliphatic rings. The molecule has 96 valence electrons. The minimum absolute atomic E-state index is 0.567. The van der Waals surface area contributed by atoms with E-state index in [1.54, 1.807) is 0 Å². The van der Waals surface area contributed by atoms with Gasteiger partial charge in [-0.3, -0.25) is 0 Å². The molecule has 1 saturated carbocycles. The number of nitrogens with one attached hydrogen (secondary N) is 1. The van der Waals surface area contributed by atoms with Crippen LogP contribution in [0.5, 0.6) is 0 Å².